The normalized spacial score (nSPS) is 15.9. The monoisotopic (exact) mass is 311 g/mol. The minimum absolute atomic E-state index is 0.124. The van der Waals surface area contributed by atoms with Crippen molar-refractivity contribution in [2.24, 2.45) is 7.05 Å². The van der Waals surface area contributed by atoms with Crippen LogP contribution in [0.3, 0.4) is 0 Å². The number of thiophene rings is 1. The highest BCUT2D eigenvalue weighted by molar-refractivity contribution is 7.91. The summed E-state index contributed by atoms with van der Waals surface area (Å²) in [4.78, 5) is 5.25. The van der Waals surface area contributed by atoms with Crippen molar-refractivity contribution in [3.05, 3.63) is 35.2 Å². The van der Waals surface area contributed by atoms with Gasteiger partial charge in [-0.25, -0.2) is 13.4 Å². The first kappa shape index (κ1) is 13.8. The van der Waals surface area contributed by atoms with Crippen molar-refractivity contribution in [3.63, 3.8) is 0 Å². The number of hydrogen-bond donors (Lipinski definition) is 0. The molecule has 0 aliphatic heterocycles. The van der Waals surface area contributed by atoms with Gasteiger partial charge in [-0.1, -0.05) is 0 Å². The fraction of sp³-hybridized carbons (Fsp3) is 0.462. The lowest BCUT2D eigenvalue weighted by atomic mass is 10.5. The van der Waals surface area contributed by atoms with Crippen molar-refractivity contribution in [2.45, 2.75) is 36.6 Å². The average molecular weight is 311 g/mol. The largest absolute Gasteiger partial charge is 0.337 e. The summed E-state index contributed by atoms with van der Waals surface area (Å²) in [5.41, 5.74) is 0. The zero-order chi connectivity index (χ0) is 14.3. The molecule has 0 radical (unpaired) electrons. The molecule has 0 spiro atoms. The van der Waals surface area contributed by atoms with Gasteiger partial charge >= 0.3 is 0 Å². The summed E-state index contributed by atoms with van der Waals surface area (Å²) >= 11 is 1.33. The first-order valence-corrected chi connectivity index (χ1v) is 8.78. The Bertz CT molecular complexity index is 714. The molecule has 1 saturated carbocycles. The van der Waals surface area contributed by atoms with Crippen LogP contribution in [0.2, 0.25) is 0 Å². The van der Waals surface area contributed by atoms with Gasteiger partial charge in [0.05, 0.1) is 6.54 Å². The lowest BCUT2D eigenvalue weighted by molar-refractivity contribution is 0.386. The summed E-state index contributed by atoms with van der Waals surface area (Å²) in [6.07, 6.45) is 5.41. The fourth-order valence-corrected chi connectivity index (χ4v) is 5.18. The van der Waals surface area contributed by atoms with Gasteiger partial charge < -0.3 is 4.57 Å². The first-order valence-electron chi connectivity index (χ1n) is 6.53. The molecule has 108 valence electrons. The van der Waals surface area contributed by atoms with Gasteiger partial charge in [-0.15, -0.1) is 11.3 Å². The number of imidazole rings is 1. The molecule has 0 aromatic carbocycles. The minimum Gasteiger partial charge on any atom is -0.337 e. The Morgan fingerprint density at radius 1 is 1.45 bits per heavy atom. The molecular formula is C13H17N3O2S2. The number of hydrogen-bond acceptors (Lipinski definition) is 4. The van der Waals surface area contributed by atoms with E-state index in [1.807, 2.05) is 30.8 Å². The van der Waals surface area contributed by atoms with Crippen LogP contribution in [0.5, 0.6) is 0 Å². The van der Waals surface area contributed by atoms with Crippen LogP contribution in [0, 0.1) is 6.92 Å². The van der Waals surface area contributed by atoms with Gasteiger partial charge in [0.2, 0.25) is 0 Å². The second kappa shape index (κ2) is 4.98. The van der Waals surface area contributed by atoms with Crippen LogP contribution in [0.4, 0.5) is 0 Å². The van der Waals surface area contributed by atoms with Crippen molar-refractivity contribution < 1.29 is 8.42 Å². The molecule has 20 heavy (non-hydrogen) atoms. The molecule has 1 aliphatic carbocycles. The fourth-order valence-electron chi connectivity index (χ4n) is 2.13. The number of sulfonamides is 1. The van der Waals surface area contributed by atoms with Crippen molar-refractivity contribution >= 4 is 21.4 Å². The van der Waals surface area contributed by atoms with Crippen molar-refractivity contribution in [2.75, 3.05) is 0 Å². The Morgan fingerprint density at radius 2 is 2.20 bits per heavy atom. The molecule has 7 heteroatoms. The second-order valence-electron chi connectivity index (χ2n) is 5.10. The highest BCUT2D eigenvalue weighted by Gasteiger charge is 2.39. The van der Waals surface area contributed by atoms with Crippen LogP contribution in [0.15, 0.2) is 28.7 Å². The number of nitrogens with zero attached hydrogens (tertiary/aromatic N) is 3. The third-order valence-corrected chi connectivity index (χ3v) is 6.82. The van der Waals surface area contributed by atoms with E-state index in [0.717, 1.165) is 23.5 Å². The lowest BCUT2D eigenvalue weighted by Crippen LogP contribution is -2.33. The van der Waals surface area contributed by atoms with E-state index in [1.54, 1.807) is 16.6 Å². The van der Waals surface area contributed by atoms with Gasteiger partial charge in [0, 0.05) is 30.4 Å². The van der Waals surface area contributed by atoms with Gasteiger partial charge in [-0.2, -0.15) is 4.31 Å². The van der Waals surface area contributed by atoms with Gasteiger partial charge in [0.15, 0.2) is 0 Å². The molecule has 0 saturated heterocycles. The van der Waals surface area contributed by atoms with Crippen molar-refractivity contribution in [1.82, 2.24) is 13.9 Å². The van der Waals surface area contributed by atoms with E-state index < -0.39 is 10.0 Å². The molecular weight excluding hydrogens is 294 g/mol. The molecule has 0 atom stereocenters. The standard InChI is InChI=1S/C13H17N3O2S2/c1-10-3-6-13(19-10)20(17,18)16(11-4-5-11)9-12-14-7-8-15(12)2/h3,6-8,11H,4-5,9H2,1-2H3. The number of rotatable bonds is 5. The van der Waals surface area contributed by atoms with E-state index in [2.05, 4.69) is 4.98 Å². The maximum Gasteiger partial charge on any atom is 0.253 e. The molecule has 0 unspecified atom stereocenters. The molecule has 0 amide bonds. The predicted octanol–water partition coefficient (Wildman–Crippen LogP) is 2.14. The third kappa shape index (κ3) is 2.53. The van der Waals surface area contributed by atoms with Crippen LogP contribution in [0.25, 0.3) is 0 Å². The molecule has 0 bridgehead atoms. The van der Waals surface area contributed by atoms with Crippen LogP contribution >= 0.6 is 11.3 Å². The molecule has 5 nitrogen and oxygen atoms in total. The quantitative estimate of drug-likeness (QED) is 0.850. The Hall–Kier alpha value is -1.18. The molecule has 0 N–H and O–H groups in total. The summed E-state index contributed by atoms with van der Waals surface area (Å²) in [5, 5.41) is 0. The summed E-state index contributed by atoms with van der Waals surface area (Å²) in [6, 6.07) is 3.67. The summed E-state index contributed by atoms with van der Waals surface area (Å²) in [5.74, 6) is 0.772. The van der Waals surface area contributed by atoms with E-state index in [0.29, 0.717) is 10.8 Å². The minimum atomic E-state index is -3.41. The van der Waals surface area contributed by atoms with Gasteiger partial charge in [0.25, 0.3) is 10.0 Å². The maximum atomic E-state index is 12.8. The highest BCUT2D eigenvalue weighted by atomic mass is 32.2. The second-order valence-corrected chi connectivity index (χ2v) is 8.51. The topological polar surface area (TPSA) is 55.2 Å². The van der Waals surface area contributed by atoms with E-state index in [1.165, 1.54) is 11.3 Å². The predicted molar refractivity (Wildman–Crippen MR) is 78.0 cm³/mol. The van der Waals surface area contributed by atoms with Crippen LogP contribution in [-0.2, 0) is 23.6 Å². The number of aromatic nitrogens is 2. The Balaban J connectivity index is 1.93. The first-order chi connectivity index (χ1) is 9.48. The van der Waals surface area contributed by atoms with Gasteiger partial charge in [0.1, 0.15) is 10.0 Å². The van der Waals surface area contributed by atoms with E-state index >= 15 is 0 Å². The smallest absolute Gasteiger partial charge is 0.253 e. The van der Waals surface area contributed by atoms with E-state index in [-0.39, 0.29) is 6.04 Å². The molecule has 2 heterocycles. The molecule has 1 fully saturated rings. The highest BCUT2D eigenvalue weighted by Crippen LogP contribution is 2.35. The van der Waals surface area contributed by atoms with Crippen LogP contribution in [0.1, 0.15) is 23.5 Å². The van der Waals surface area contributed by atoms with E-state index in [4.69, 9.17) is 0 Å². The van der Waals surface area contributed by atoms with Crippen molar-refractivity contribution in [3.8, 4) is 0 Å². The summed E-state index contributed by atoms with van der Waals surface area (Å²) in [7, 11) is -1.53. The van der Waals surface area contributed by atoms with Crippen LogP contribution < -0.4 is 0 Å². The lowest BCUT2D eigenvalue weighted by Gasteiger charge is -2.20. The average Bonchev–Trinajstić information content (AvgIpc) is 3.00. The third-order valence-electron chi connectivity index (χ3n) is 3.45. The molecule has 2 aromatic rings. The summed E-state index contributed by atoms with van der Waals surface area (Å²) in [6.45, 7) is 2.26. The Kier molecular flexibility index (Phi) is 3.43. The molecule has 2 aromatic heterocycles. The maximum absolute atomic E-state index is 12.8. The van der Waals surface area contributed by atoms with Crippen LogP contribution in [-0.4, -0.2) is 28.3 Å². The zero-order valence-electron chi connectivity index (χ0n) is 11.5. The number of aryl methyl sites for hydroxylation is 2. The molecule has 1 aliphatic rings. The van der Waals surface area contributed by atoms with E-state index in [9.17, 15) is 8.42 Å². The Morgan fingerprint density at radius 3 is 2.70 bits per heavy atom. The Labute approximate surface area is 122 Å². The van der Waals surface area contributed by atoms with Gasteiger partial charge in [-0.3, -0.25) is 0 Å². The molecule has 3 rings (SSSR count). The summed E-state index contributed by atoms with van der Waals surface area (Å²) < 4.78 is 29.4. The van der Waals surface area contributed by atoms with Crippen molar-refractivity contribution in [1.29, 1.82) is 0 Å². The SMILES string of the molecule is Cc1ccc(S(=O)(=O)N(Cc2nccn2C)C2CC2)s1. The zero-order valence-corrected chi connectivity index (χ0v) is 13.1. The van der Waals surface area contributed by atoms with Gasteiger partial charge in [-0.05, 0) is 31.9 Å².